The van der Waals surface area contributed by atoms with Gasteiger partial charge in [0.05, 0.1) is 15.6 Å². The normalized spacial score (nSPS) is 10.7. The molecule has 0 radical (unpaired) electrons. The monoisotopic (exact) mass is 229 g/mol. The van der Waals surface area contributed by atoms with Crippen LogP contribution in [0.25, 0.3) is 10.9 Å². The van der Waals surface area contributed by atoms with Gasteiger partial charge in [0.25, 0.3) is 0 Å². The van der Waals surface area contributed by atoms with Gasteiger partial charge >= 0.3 is 5.97 Å². The van der Waals surface area contributed by atoms with E-state index in [-0.39, 0.29) is 5.56 Å². The quantitative estimate of drug-likeness (QED) is 0.790. The first-order valence-corrected chi connectivity index (χ1v) is 4.54. The first-order valence-electron chi connectivity index (χ1n) is 3.79. The third kappa shape index (κ3) is 1.35. The molecule has 2 aromatic rings. The average Bonchev–Trinajstić information content (AvgIpc) is 2.48. The van der Waals surface area contributed by atoms with Gasteiger partial charge in [0.15, 0.2) is 0 Å². The van der Waals surface area contributed by atoms with E-state index in [9.17, 15) is 4.79 Å². The summed E-state index contributed by atoms with van der Waals surface area (Å²) in [7, 11) is 0. The standard InChI is InChI=1S/C9H5Cl2NO2/c10-6-1-4-5(9(13)14)3-12-8(4)2-7(6)11/h1-3,12H,(H,13,14). The number of fused-ring (bicyclic) bond motifs is 1. The van der Waals surface area contributed by atoms with Crippen LogP contribution in [0.3, 0.4) is 0 Å². The molecule has 0 amide bonds. The van der Waals surface area contributed by atoms with E-state index in [2.05, 4.69) is 4.98 Å². The summed E-state index contributed by atoms with van der Waals surface area (Å²) in [6.07, 6.45) is 1.42. The summed E-state index contributed by atoms with van der Waals surface area (Å²) in [6.45, 7) is 0. The van der Waals surface area contributed by atoms with Gasteiger partial charge in [-0.3, -0.25) is 0 Å². The van der Waals surface area contributed by atoms with Crippen molar-refractivity contribution in [2.45, 2.75) is 0 Å². The van der Waals surface area contributed by atoms with Gasteiger partial charge in [0, 0.05) is 17.1 Å². The van der Waals surface area contributed by atoms with Gasteiger partial charge in [-0.25, -0.2) is 4.79 Å². The van der Waals surface area contributed by atoms with Crippen molar-refractivity contribution in [1.29, 1.82) is 0 Å². The largest absolute Gasteiger partial charge is 0.478 e. The van der Waals surface area contributed by atoms with E-state index in [4.69, 9.17) is 28.3 Å². The summed E-state index contributed by atoms with van der Waals surface area (Å²) >= 11 is 11.6. The third-order valence-corrected chi connectivity index (χ3v) is 2.68. The number of H-pyrrole nitrogens is 1. The highest BCUT2D eigenvalue weighted by atomic mass is 35.5. The molecule has 0 unspecified atom stereocenters. The van der Waals surface area contributed by atoms with E-state index in [0.717, 1.165) is 0 Å². The highest BCUT2D eigenvalue weighted by Gasteiger charge is 2.11. The number of halogens is 2. The summed E-state index contributed by atoms with van der Waals surface area (Å²) in [5, 5.41) is 10.1. The first kappa shape index (κ1) is 9.37. The maximum Gasteiger partial charge on any atom is 0.337 e. The van der Waals surface area contributed by atoms with Crippen LogP contribution in [0.15, 0.2) is 18.3 Å². The molecule has 0 aliphatic heterocycles. The molecule has 0 spiro atoms. The maximum atomic E-state index is 10.8. The number of hydrogen-bond donors (Lipinski definition) is 2. The number of nitrogens with one attached hydrogen (secondary N) is 1. The predicted octanol–water partition coefficient (Wildman–Crippen LogP) is 3.17. The fraction of sp³-hybridized carbons (Fsp3) is 0. The number of carboxylic acids is 1. The second-order valence-corrected chi connectivity index (χ2v) is 3.63. The van der Waals surface area contributed by atoms with Gasteiger partial charge in [0.1, 0.15) is 0 Å². The molecule has 0 saturated carbocycles. The van der Waals surface area contributed by atoms with Crippen LogP contribution in [-0.4, -0.2) is 16.1 Å². The number of benzene rings is 1. The Bertz CT molecular complexity index is 519. The molecule has 14 heavy (non-hydrogen) atoms. The van der Waals surface area contributed by atoms with Gasteiger partial charge < -0.3 is 10.1 Å². The zero-order valence-electron chi connectivity index (χ0n) is 6.84. The molecule has 3 nitrogen and oxygen atoms in total. The number of aromatic carboxylic acids is 1. The van der Waals surface area contributed by atoms with Crippen molar-refractivity contribution in [1.82, 2.24) is 4.98 Å². The lowest BCUT2D eigenvalue weighted by Gasteiger charge is -1.96. The van der Waals surface area contributed by atoms with Crippen LogP contribution in [0, 0.1) is 0 Å². The van der Waals surface area contributed by atoms with Crippen molar-refractivity contribution in [3.8, 4) is 0 Å². The summed E-state index contributed by atoms with van der Waals surface area (Å²) in [6, 6.07) is 3.14. The Kier molecular flexibility index (Phi) is 2.13. The Morgan fingerprint density at radius 3 is 2.57 bits per heavy atom. The highest BCUT2D eigenvalue weighted by Crippen LogP contribution is 2.29. The second kappa shape index (κ2) is 3.19. The van der Waals surface area contributed by atoms with Crippen LogP contribution in [-0.2, 0) is 0 Å². The summed E-state index contributed by atoms with van der Waals surface area (Å²) < 4.78 is 0. The Hall–Kier alpha value is -1.19. The fourth-order valence-corrected chi connectivity index (χ4v) is 1.62. The van der Waals surface area contributed by atoms with Crippen LogP contribution < -0.4 is 0 Å². The highest BCUT2D eigenvalue weighted by molar-refractivity contribution is 6.42. The molecule has 2 N–H and O–H groups in total. The molecule has 1 aromatic heterocycles. The lowest BCUT2D eigenvalue weighted by molar-refractivity contribution is 0.0699. The molecule has 1 heterocycles. The summed E-state index contributed by atoms with van der Waals surface area (Å²) in [5.41, 5.74) is 0.857. The molecule has 2 rings (SSSR count). The molecule has 72 valence electrons. The lowest BCUT2D eigenvalue weighted by atomic mass is 10.2. The molecule has 5 heteroatoms. The van der Waals surface area contributed by atoms with Crippen molar-refractivity contribution < 1.29 is 9.90 Å². The number of carbonyl (C=O) groups is 1. The van der Waals surface area contributed by atoms with E-state index in [0.29, 0.717) is 20.9 Å². The molecule has 0 aliphatic rings. The molecule has 0 atom stereocenters. The number of rotatable bonds is 1. The van der Waals surface area contributed by atoms with E-state index in [1.807, 2.05) is 0 Å². The predicted molar refractivity (Wildman–Crippen MR) is 55.3 cm³/mol. The number of aromatic nitrogens is 1. The van der Waals surface area contributed by atoms with E-state index >= 15 is 0 Å². The lowest BCUT2D eigenvalue weighted by Crippen LogP contribution is -1.93. The van der Waals surface area contributed by atoms with Gasteiger partial charge in [0.2, 0.25) is 0 Å². The van der Waals surface area contributed by atoms with Crippen LogP contribution >= 0.6 is 23.2 Å². The Morgan fingerprint density at radius 2 is 1.93 bits per heavy atom. The molecular weight excluding hydrogens is 225 g/mol. The summed E-state index contributed by atoms with van der Waals surface area (Å²) in [4.78, 5) is 13.6. The second-order valence-electron chi connectivity index (χ2n) is 2.82. The minimum Gasteiger partial charge on any atom is -0.478 e. The minimum absolute atomic E-state index is 0.193. The van der Waals surface area contributed by atoms with E-state index in [1.165, 1.54) is 6.20 Å². The number of hydrogen-bond acceptors (Lipinski definition) is 1. The van der Waals surface area contributed by atoms with Crippen molar-refractivity contribution in [2.24, 2.45) is 0 Å². The van der Waals surface area contributed by atoms with Crippen molar-refractivity contribution in [2.75, 3.05) is 0 Å². The van der Waals surface area contributed by atoms with Gasteiger partial charge in [-0.2, -0.15) is 0 Å². The van der Waals surface area contributed by atoms with Crippen LogP contribution in [0.4, 0.5) is 0 Å². The maximum absolute atomic E-state index is 10.8. The number of carboxylic acid groups (broad SMARTS) is 1. The van der Waals surface area contributed by atoms with Gasteiger partial charge in [-0.15, -0.1) is 0 Å². The van der Waals surface area contributed by atoms with E-state index < -0.39 is 5.97 Å². The first-order chi connectivity index (χ1) is 6.59. The number of aromatic amines is 1. The van der Waals surface area contributed by atoms with Crippen molar-refractivity contribution in [3.05, 3.63) is 33.9 Å². The SMILES string of the molecule is O=C(O)c1c[nH]c2cc(Cl)c(Cl)cc12. The topological polar surface area (TPSA) is 53.1 Å². The van der Waals surface area contributed by atoms with Gasteiger partial charge in [-0.05, 0) is 12.1 Å². The van der Waals surface area contributed by atoms with Crippen LogP contribution in [0.5, 0.6) is 0 Å². The molecule has 0 aliphatic carbocycles. The minimum atomic E-state index is -0.991. The van der Waals surface area contributed by atoms with E-state index in [1.54, 1.807) is 12.1 Å². The molecule has 0 fully saturated rings. The molecule has 1 aromatic carbocycles. The van der Waals surface area contributed by atoms with Crippen LogP contribution in [0.2, 0.25) is 10.0 Å². The average molecular weight is 230 g/mol. The Balaban J connectivity index is 2.80. The molecule has 0 saturated heterocycles. The van der Waals surface area contributed by atoms with Gasteiger partial charge in [-0.1, -0.05) is 23.2 Å². The smallest absolute Gasteiger partial charge is 0.337 e. The zero-order valence-corrected chi connectivity index (χ0v) is 8.36. The summed E-state index contributed by atoms with van der Waals surface area (Å²) in [5.74, 6) is -0.991. The Morgan fingerprint density at radius 1 is 1.29 bits per heavy atom. The fourth-order valence-electron chi connectivity index (χ4n) is 1.29. The van der Waals surface area contributed by atoms with Crippen LogP contribution in [0.1, 0.15) is 10.4 Å². The third-order valence-electron chi connectivity index (χ3n) is 1.95. The molecular formula is C9H5Cl2NO2. The zero-order chi connectivity index (χ0) is 10.3. The molecule has 0 bridgehead atoms. The van der Waals surface area contributed by atoms with Crippen molar-refractivity contribution >= 4 is 40.1 Å². The Labute approximate surface area is 89.2 Å². The van der Waals surface area contributed by atoms with Crippen molar-refractivity contribution in [3.63, 3.8) is 0 Å².